The Kier molecular flexibility index (Phi) is 6.31. The smallest absolute Gasteiger partial charge is 0.327 e. The highest BCUT2D eigenvalue weighted by Gasteiger charge is 2.23. The van der Waals surface area contributed by atoms with Crippen LogP contribution in [0.25, 0.3) is 0 Å². The van der Waals surface area contributed by atoms with Gasteiger partial charge in [-0.25, -0.2) is 4.79 Å². The molecule has 0 saturated heterocycles. The van der Waals surface area contributed by atoms with Crippen molar-refractivity contribution >= 4 is 5.97 Å². The Morgan fingerprint density at radius 1 is 1.30 bits per heavy atom. The molecule has 1 atom stereocenters. The molecule has 5 nitrogen and oxygen atoms in total. The molecular weight excluding hydrogens is 258 g/mol. The molecule has 20 heavy (non-hydrogen) atoms. The number of phenolic OH excluding ortho intramolecular Hbond substituents is 1. The minimum atomic E-state index is -0.574. The quantitative estimate of drug-likeness (QED) is 0.751. The van der Waals surface area contributed by atoms with E-state index in [0.717, 1.165) is 0 Å². The normalized spacial score (nSPS) is 12.2. The molecule has 0 fully saturated rings. The first-order valence-corrected chi connectivity index (χ1v) is 6.87. The Morgan fingerprint density at radius 2 is 2.00 bits per heavy atom. The molecule has 1 unspecified atom stereocenters. The fraction of sp³-hybridized carbons (Fsp3) is 0.533. The number of hydrogen-bond acceptors (Lipinski definition) is 5. The van der Waals surface area contributed by atoms with E-state index >= 15 is 0 Å². The molecule has 1 aromatic rings. The van der Waals surface area contributed by atoms with E-state index in [1.54, 1.807) is 19.1 Å². The fourth-order valence-corrected chi connectivity index (χ4v) is 1.84. The first-order valence-electron chi connectivity index (χ1n) is 6.87. The minimum Gasteiger partial charge on any atom is -0.504 e. The number of aromatic hydroxyl groups is 1. The number of esters is 1. The number of carbonyl (C=O) groups excluding carboxylic acids is 1. The van der Waals surface area contributed by atoms with Crippen LogP contribution < -0.4 is 10.1 Å². The van der Waals surface area contributed by atoms with Crippen LogP contribution in [0.3, 0.4) is 0 Å². The van der Waals surface area contributed by atoms with Gasteiger partial charge in [0.15, 0.2) is 11.5 Å². The summed E-state index contributed by atoms with van der Waals surface area (Å²) in [6.45, 7) is 8.28. The van der Waals surface area contributed by atoms with Crippen molar-refractivity contribution in [1.29, 1.82) is 0 Å². The van der Waals surface area contributed by atoms with E-state index in [-0.39, 0.29) is 17.8 Å². The van der Waals surface area contributed by atoms with Crippen molar-refractivity contribution in [2.75, 3.05) is 13.2 Å². The van der Waals surface area contributed by atoms with Crippen molar-refractivity contribution in [3.05, 3.63) is 23.8 Å². The largest absolute Gasteiger partial charge is 0.504 e. The van der Waals surface area contributed by atoms with Gasteiger partial charge in [0.25, 0.3) is 0 Å². The summed E-state index contributed by atoms with van der Waals surface area (Å²) in [5, 5.41) is 12.9. The van der Waals surface area contributed by atoms with Crippen LogP contribution in [0.2, 0.25) is 0 Å². The third kappa shape index (κ3) is 4.42. The number of phenols is 1. The Labute approximate surface area is 119 Å². The molecule has 112 valence electrons. The molecule has 0 saturated carbocycles. The summed E-state index contributed by atoms with van der Waals surface area (Å²) >= 11 is 0. The summed E-state index contributed by atoms with van der Waals surface area (Å²) in [5.41, 5.74) is 0.707. The van der Waals surface area contributed by atoms with Gasteiger partial charge in [-0.2, -0.15) is 0 Å². The molecule has 0 aliphatic heterocycles. The maximum absolute atomic E-state index is 12.0. The van der Waals surface area contributed by atoms with Gasteiger partial charge < -0.3 is 14.6 Å². The van der Waals surface area contributed by atoms with Crippen LogP contribution >= 0.6 is 0 Å². The first-order chi connectivity index (χ1) is 9.49. The summed E-state index contributed by atoms with van der Waals surface area (Å²) in [5.74, 6) is 0.0851. The number of carbonyl (C=O) groups is 1. The monoisotopic (exact) mass is 281 g/mol. The van der Waals surface area contributed by atoms with Crippen molar-refractivity contribution in [2.24, 2.45) is 0 Å². The van der Waals surface area contributed by atoms with Gasteiger partial charge in [0.05, 0.1) is 13.2 Å². The van der Waals surface area contributed by atoms with Gasteiger partial charge >= 0.3 is 5.97 Å². The molecule has 1 aromatic carbocycles. The lowest BCUT2D eigenvalue weighted by atomic mass is 10.1. The highest BCUT2D eigenvalue weighted by atomic mass is 16.5. The van der Waals surface area contributed by atoms with Crippen LogP contribution in [-0.4, -0.2) is 30.3 Å². The van der Waals surface area contributed by atoms with Crippen LogP contribution in [0.4, 0.5) is 0 Å². The van der Waals surface area contributed by atoms with Gasteiger partial charge in [-0.15, -0.1) is 0 Å². The second kappa shape index (κ2) is 7.75. The molecule has 0 aliphatic carbocycles. The molecular formula is C15H23NO4. The SMILES string of the molecule is CCOC(=O)C(NC(C)C)c1ccc(O)c(OCC)c1. The maximum Gasteiger partial charge on any atom is 0.327 e. The number of nitrogens with one attached hydrogen (secondary N) is 1. The topological polar surface area (TPSA) is 67.8 Å². The van der Waals surface area contributed by atoms with Crippen LogP contribution in [0.5, 0.6) is 11.5 Å². The summed E-state index contributed by atoms with van der Waals surface area (Å²) in [6.07, 6.45) is 0. The first kappa shape index (κ1) is 16.3. The third-order valence-electron chi connectivity index (χ3n) is 2.64. The molecule has 0 heterocycles. The van der Waals surface area contributed by atoms with E-state index in [4.69, 9.17) is 9.47 Å². The Hall–Kier alpha value is -1.75. The number of ether oxygens (including phenoxy) is 2. The fourth-order valence-electron chi connectivity index (χ4n) is 1.84. The summed E-state index contributed by atoms with van der Waals surface area (Å²) in [6, 6.07) is 4.42. The lowest BCUT2D eigenvalue weighted by molar-refractivity contribution is -0.146. The molecule has 0 spiro atoms. The lowest BCUT2D eigenvalue weighted by Gasteiger charge is -2.21. The molecule has 2 N–H and O–H groups in total. The van der Waals surface area contributed by atoms with Gasteiger partial charge in [-0.3, -0.25) is 5.32 Å². The molecule has 0 bridgehead atoms. The molecule has 0 aromatic heterocycles. The molecule has 0 radical (unpaired) electrons. The highest BCUT2D eigenvalue weighted by Crippen LogP contribution is 2.30. The second-order valence-corrected chi connectivity index (χ2v) is 4.67. The average Bonchev–Trinajstić information content (AvgIpc) is 2.39. The van der Waals surface area contributed by atoms with E-state index in [1.807, 2.05) is 20.8 Å². The van der Waals surface area contributed by atoms with E-state index < -0.39 is 6.04 Å². The Morgan fingerprint density at radius 3 is 2.55 bits per heavy atom. The minimum absolute atomic E-state index is 0.0581. The summed E-state index contributed by atoms with van der Waals surface area (Å²) < 4.78 is 10.4. The van der Waals surface area contributed by atoms with Gasteiger partial charge in [0.2, 0.25) is 0 Å². The zero-order chi connectivity index (χ0) is 15.1. The molecule has 5 heteroatoms. The van der Waals surface area contributed by atoms with Crippen LogP contribution in [0.15, 0.2) is 18.2 Å². The van der Waals surface area contributed by atoms with E-state index in [9.17, 15) is 9.90 Å². The third-order valence-corrected chi connectivity index (χ3v) is 2.64. The van der Waals surface area contributed by atoms with Gasteiger partial charge in [-0.1, -0.05) is 6.07 Å². The summed E-state index contributed by atoms with van der Waals surface area (Å²) in [7, 11) is 0. The predicted octanol–water partition coefficient (Wildman–Crippen LogP) is 2.39. The second-order valence-electron chi connectivity index (χ2n) is 4.67. The van der Waals surface area contributed by atoms with Crippen LogP contribution in [0, 0.1) is 0 Å². The molecule has 1 rings (SSSR count). The van der Waals surface area contributed by atoms with Crippen molar-refractivity contribution in [3.8, 4) is 11.5 Å². The molecule has 0 amide bonds. The van der Waals surface area contributed by atoms with E-state index in [2.05, 4.69) is 5.32 Å². The van der Waals surface area contributed by atoms with Crippen molar-refractivity contribution in [2.45, 2.75) is 39.8 Å². The Bertz CT molecular complexity index is 445. The number of benzene rings is 1. The van der Waals surface area contributed by atoms with E-state index in [1.165, 1.54) is 6.07 Å². The van der Waals surface area contributed by atoms with Crippen molar-refractivity contribution in [3.63, 3.8) is 0 Å². The average molecular weight is 281 g/mol. The van der Waals surface area contributed by atoms with Gasteiger partial charge in [0.1, 0.15) is 6.04 Å². The van der Waals surface area contributed by atoms with Crippen LogP contribution in [0.1, 0.15) is 39.3 Å². The standard InChI is InChI=1S/C15H23NO4/c1-5-19-13-9-11(7-8-12(13)17)14(16-10(3)4)15(18)20-6-2/h7-10,14,16-17H,5-6H2,1-4H3. The predicted molar refractivity (Wildman–Crippen MR) is 76.9 cm³/mol. The van der Waals surface area contributed by atoms with Crippen molar-refractivity contribution in [1.82, 2.24) is 5.32 Å². The maximum atomic E-state index is 12.0. The zero-order valence-electron chi connectivity index (χ0n) is 12.5. The van der Waals surface area contributed by atoms with Gasteiger partial charge in [-0.05, 0) is 45.4 Å². The number of hydrogen-bond donors (Lipinski definition) is 2. The van der Waals surface area contributed by atoms with Crippen LogP contribution in [-0.2, 0) is 9.53 Å². The number of rotatable bonds is 7. The van der Waals surface area contributed by atoms with E-state index in [0.29, 0.717) is 24.5 Å². The zero-order valence-corrected chi connectivity index (χ0v) is 12.5. The van der Waals surface area contributed by atoms with Crippen molar-refractivity contribution < 1.29 is 19.4 Å². The Balaban J connectivity index is 3.06. The van der Waals surface area contributed by atoms with Gasteiger partial charge in [0, 0.05) is 6.04 Å². The lowest BCUT2D eigenvalue weighted by Crippen LogP contribution is -2.34. The highest BCUT2D eigenvalue weighted by molar-refractivity contribution is 5.78. The summed E-state index contributed by atoms with van der Waals surface area (Å²) in [4.78, 5) is 12.0. The molecule has 0 aliphatic rings.